The molecule has 2 aromatic carbocycles. The van der Waals surface area contributed by atoms with Crippen molar-refractivity contribution in [3.63, 3.8) is 0 Å². The lowest BCUT2D eigenvalue weighted by Gasteiger charge is -2.28. The van der Waals surface area contributed by atoms with Crippen molar-refractivity contribution in [1.29, 1.82) is 0 Å². The van der Waals surface area contributed by atoms with Crippen LogP contribution in [0.2, 0.25) is 0 Å². The summed E-state index contributed by atoms with van der Waals surface area (Å²) in [6, 6.07) is 14.2. The Morgan fingerprint density at radius 2 is 1.97 bits per heavy atom. The number of carbonyl (C=O) groups is 2. The van der Waals surface area contributed by atoms with Gasteiger partial charge in [-0.05, 0) is 63.6 Å². The molecule has 2 aliphatic heterocycles. The summed E-state index contributed by atoms with van der Waals surface area (Å²) in [5, 5.41) is 3.99. The zero-order chi connectivity index (χ0) is 25.2. The van der Waals surface area contributed by atoms with E-state index in [9.17, 15) is 9.59 Å². The molecule has 2 unspecified atom stereocenters. The van der Waals surface area contributed by atoms with Crippen LogP contribution in [0.4, 0.5) is 0 Å². The fraction of sp³-hybridized carbons (Fsp3) is 0.414. The number of thiazole rings is 1. The molecule has 6 nitrogen and oxygen atoms in total. The van der Waals surface area contributed by atoms with Gasteiger partial charge in [0.25, 0.3) is 11.8 Å². The summed E-state index contributed by atoms with van der Waals surface area (Å²) in [5.74, 6) is 1.03. The first-order valence-corrected chi connectivity index (χ1v) is 13.5. The van der Waals surface area contributed by atoms with Gasteiger partial charge in [-0.1, -0.05) is 42.0 Å². The van der Waals surface area contributed by atoms with Crippen molar-refractivity contribution in [2.75, 3.05) is 6.54 Å². The van der Waals surface area contributed by atoms with Crippen LogP contribution in [0.25, 0.3) is 10.4 Å². The summed E-state index contributed by atoms with van der Waals surface area (Å²) in [6.07, 6.45) is 2.73. The van der Waals surface area contributed by atoms with E-state index in [2.05, 4.69) is 29.4 Å². The van der Waals surface area contributed by atoms with E-state index in [1.165, 1.54) is 0 Å². The molecular formula is C29H31N3O3S. The summed E-state index contributed by atoms with van der Waals surface area (Å²) in [5.41, 5.74) is 4.03. The average molecular weight is 502 g/mol. The highest BCUT2D eigenvalue weighted by atomic mass is 32.1. The van der Waals surface area contributed by atoms with Gasteiger partial charge < -0.3 is 15.0 Å². The molecule has 1 saturated heterocycles. The second kappa shape index (κ2) is 8.44. The van der Waals surface area contributed by atoms with Crippen LogP contribution in [-0.4, -0.2) is 45.9 Å². The van der Waals surface area contributed by atoms with E-state index in [0.29, 0.717) is 29.5 Å². The number of hydrogen-bond acceptors (Lipinski definition) is 5. The van der Waals surface area contributed by atoms with Crippen molar-refractivity contribution in [3.8, 4) is 16.2 Å². The zero-order valence-corrected chi connectivity index (χ0v) is 21.9. The molecule has 3 aromatic rings. The highest BCUT2D eigenvalue weighted by molar-refractivity contribution is 7.15. The van der Waals surface area contributed by atoms with Gasteiger partial charge in [-0.25, -0.2) is 4.98 Å². The number of amides is 2. The smallest absolute Gasteiger partial charge is 0.274 e. The van der Waals surface area contributed by atoms with Gasteiger partial charge in [-0.15, -0.1) is 11.3 Å². The predicted molar refractivity (Wildman–Crippen MR) is 141 cm³/mol. The normalized spacial score (nSPS) is 23.1. The Bertz CT molecular complexity index is 1380. The second-order valence-electron chi connectivity index (χ2n) is 11.0. The van der Waals surface area contributed by atoms with Crippen LogP contribution in [0.5, 0.6) is 5.75 Å². The highest BCUT2D eigenvalue weighted by Gasteiger charge is 2.54. The molecule has 6 rings (SSSR count). The number of fused-ring (bicyclic) bond motifs is 2. The highest BCUT2D eigenvalue weighted by Crippen LogP contribution is 2.49. The molecule has 2 amide bonds. The number of likely N-dealkylation sites (tertiary alicyclic amines) is 1. The van der Waals surface area contributed by atoms with Crippen LogP contribution in [0, 0.1) is 19.8 Å². The molecule has 3 heterocycles. The number of ether oxygens (including phenoxy) is 1. The summed E-state index contributed by atoms with van der Waals surface area (Å²) < 4.78 is 6.09. The minimum absolute atomic E-state index is 0.0224. The number of nitrogens with one attached hydrogen (secondary N) is 1. The molecular weight excluding hydrogens is 470 g/mol. The van der Waals surface area contributed by atoms with Crippen molar-refractivity contribution in [2.24, 2.45) is 5.92 Å². The van der Waals surface area contributed by atoms with Crippen LogP contribution >= 0.6 is 11.3 Å². The number of carbonyl (C=O) groups excluding carboxylic acids is 2. The first-order valence-electron chi connectivity index (χ1n) is 12.7. The monoisotopic (exact) mass is 501 g/mol. The molecule has 1 N–H and O–H groups in total. The number of aromatic nitrogens is 1. The maximum atomic E-state index is 13.9. The number of rotatable bonds is 5. The quantitative estimate of drug-likeness (QED) is 0.523. The molecule has 1 aromatic heterocycles. The molecule has 3 aliphatic rings. The molecule has 2 fully saturated rings. The second-order valence-corrected chi connectivity index (χ2v) is 12.2. The number of benzene rings is 2. The Morgan fingerprint density at radius 3 is 2.78 bits per heavy atom. The molecule has 36 heavy (non-hydrogen) atoms. The Morgan fingerprint density at radius 1 is 1.17 bits per heavy atom. The SMILES string of the molecule is Cc1cccc(-c2sc(C)nc2C(=O)N2C3CC3C[C@H]2CNC(=O)c2cccc3c2OC(C)(C)C3)c1. The van der Waals surface area contributed by atoms with Crippen molar-refractivity contribution >= 4 is 23.2 Å². The number of para-hydroxylation sites is 1. The van der Waals surface area contributed by atoms with Gasteiger partial charge in [0, 0.05) is 19.0 Å². The van der Waals surface area contributed by atoms with Gasteiger partial charge in [0.05, 0.1) is 21.5 Å². The standard InChI is InChI=1S/C29H31N3O3S/c1-16-7-5-8-18(11-16)26-24(31-17(2)36-26)28(34)32-21(12-20-13-23(20)32)15-30-27(33)22-10-6-9-19-14-29(3,4)35-25(19)22/h5-11,20-21,23H,12-15H2,1-4H3,(H,30,33)/t20?,21-,23?/m0/s1. The van der Waals surface area contributed by atoms with Crippen LogP contribution in [0.3, 0.4) is 0 Å². The van der Waals surface area contributed by atoms with E-state index < -0.39 is 0 Å². The number of aryl methyl sites for hydroxylation is 2. The first-order chi connectivity index (χ1) is 17.2. The van der Waals surface area contributed by atoms with Gasteiger partial charge in [0.1, 0.15) is 17.0 Å². The Kier molecular flexibility index (Phi) is 5.45. The molecule has 0 bridgehead atoms. The van der Waals surface area contributed by atoms with Gasteiger partial charge >= 0.3 is 0 Å². The van der Waals surface area contributed by atoms with E-state index in [0.717, 1.165) is 45.8 Å². The summed E-state index contributed by atoms with van der Waals surface area (Å²) >= 11 is 1.56. The fourth-order valence-electron chi connectivity index (χ4n) is 5.83. The third-order valence-electron chi connectivity index (χ3n) is 7.50. The molecule has 1 saturated carbocycles. The maximum Gasteiger partial charge on any atom is 0.274 e. The fourth-order valence-corrected chi connectivity index (χ4v) is 6.74. The summed E-state index contributed by atoms with van der Waals surface area (Å²) in [6.45, 7) is 8.50. The number of hydrogen-bond donors (Lipinski definition) is 1. The van der Waals surface area contributed by atoms with Gasteiger partial charge in [-0.3, -0.25) is 9.59 Å². The van der Waals surface area contributed by atoms with E-state index in [1.807, 2.05) is 56.0 Å². The van der Waals surface area contributed by atoms with Gasteiger partial charge in [-0.2, -0.15) is 0 Å². The van der Waals surface area contributed by atoms with E-state index >= 15 is 0 Å². The summed E-state index contributed by atoms with van der Waals surface area (Å²) in [7, 11) is 0. The minimum atomic E-state index is -0.310. The van der Waals surface area contributed by atoms with Crippen LogP contribution < -0.4 is 10.1 Å². The van der Waals surface area contributed by atoms with E-state index in [1.54, 1.807) is 11.3 Å². The number of piperidine rings is 1. The molecule has 0 radical (unpaired) electrons. The third-order valence-corrected chi connectivity index (χ3v) is 8.52. The van der Waals surface area contributed by atoms with E-state index in [4.69, 9.17) is 4.74 Å². The Labute approximate surface area is 215 Å². The molecule has 7 heteroatoms. The molecule has 1 aliphatic carbocycles. The van der Waals surface area contributed by atoms with E-state index in [-0.39, 0.29) is 29.5 Å². The van der Waals surface area contributed by atoms with Crippen LogP contribution in [0.1, 0.15) is 63.7 Å². The summed E-state index contributed by atoms with van der Waals surface area (Å²) in [4.78, 5) is 34.6. The zero-order valence-electron chi connectivity index (χ0n) is 21.1. The lowest BCUT2D eigenvalue weighted by Crippen LogP contribution is -2.45. The molecule has 0 spiro atoms. The third kappa shape index (κ3) is 4.09. The van der Waals surface area contributed by atoms with Crippen molar-refractivity contribution in [2.45, 2.75) is 64.6 Å². The van der Waals surface area contributed by atoms with Gasteiger partial charge in [0.15, 0.2) is 0 Å². The van der Waals surface area contributed by atoms with Gasteiger partial charge in [0.2, 0.25) is 0 Å². The maximum absolute atomic E-state index is 13.9. The number of nitrogens with zero attached hydrogens (tertiary/aromatic N) is 2. The Balaban J connectivity index is 1.21. The molecule has 3 atom stereocenters. The minimum Gasteiger partial charge on any atom is -0.486 e. The van der Waals surface area contributed by atoms with Crippen molar-refractivity contribution in [1.82, 2.24) is 15.2 Å². The lowest BCUT2D eigenvalue weighted by atomic mass is 10.0. The van der Waals surface area contributed by atoms with Crippen molar-refractivity contribution < 1.29 is 14.3 Å². The van der Waals surface area contributed by atoms with Crippen LogP contribution in [0.15, 0.2) is 42.5 Å². The predicted octanol–water partition coefficient (Wildman–Crippen LogP) is 5.17. The van der Waals surface area contributed by atoms with Crippen LogP contribution in [-0.2, 0) is 6.42 Å². The molecule has 186 valence electrons. The first kappa shape index (κ1) is 23.2. The topological polar surface area (TPSA) is 71.5 Å². The average Bonchev–Trinajstić information content (AvgIpc) is 3.16. The largest absolute Gasteiger partial charge is 0.486 e. The van der Waals surface area contributed by atoms with Crippen molar-refractivity contribution in [3.05, 3.63) is 69.9 Å². The lowest BCUT2D eigenvalue weighted by molar-refractivity contribution is 0.0683. The Hall–Kier alpha value is -3.19.